The Hall–Kier alpha value is -3.03. The third-order valence-corrected chi connectivity index (χ3v) is 4.13. The summed E-state index contributed by atoms with van der Waals surface area (Å²) in [7, 11) is 0. The van der Waals surface area contributed by atoms with Gasteiger partial charge in [0, 0.05) is 6.42 Å². The van der Waals surface area contributed by atoms with E-state index >= 15 is 0 Å². The van der Waals surface area contributed by atoms with Crippen molar-refractivity contribution in [2.75, 3.05) is 0 Å². The minimum Gasteiger partial charge on any atom is -0.465 e. The van der Waals surface area contributed by atoms with E-state index in [2.05, 4.69) is 4.74 Å². The lowest BCUT2D eigenvalue weighted by molar-refractivity contribution is -0.274. The highest BCUT2D eigenvalue weighted by Crippen LogP contribution is 2.34. The Morgan fingerprint density at radius 2 is 1.58 bits per heavy atom. The number of carbonyl (C=O) groups is 2. The van der Waals surface area contributed by atoms with Crippen LogP contribution in [0.4, 0.5) is 18.0 Å². The first-order chi connectivity index (χ1) is 12.2. The zero-order valence-electron chi connectivity index (χ0n) is 13.4. The highest BCUT2D eigenvalue weighted by Gasteiger charge is 2.36. The van der Waals surface area contributed by atoms with Crippen molar-refractivity contribution in [2.45, 2.75) is 25.2 Å². The highest BCUT2D eigenvalue weighted by atomic mass is 19.4. The van der Waals surface area contributed by atoms with E-state index in [4.69, 9.17) is 5.11 Å². The van der Waals surface area contributed by atoms with E-state index in [1.807, 2.05) is 0 Å². The van der Waals surface area contributed by atoms with E-state index in [-0.39, 0.29) is 12.2 Å². The molecule has 0 bridgehead atoms. The van der Waals surface area contributed by atoms with Crippen molar-refractivity contribution >= 4 is 12.0 Å². The summed E-state index contributed by atoms with van der Waals surface area (Å²) in [6.07, 6.45) is -5.41. The fraction of sp³-hybridized carbons (Fsp3) is 0.222. The lowest BCUT2D eigenvalue weighted by atomic mass is 9.99. The summed E-state index contributed by atoms with van der Waals surface area (Å²) in [6.45, 7) is 0. The minimum atomic E-state index is -4.74. The van der Waals surface area contributed by atoms with E-state index < -0.39 is 24.4 Å². The molecule has 1 aliphatic heterocycles. The number of benzene rings is 2. The van der Waals surface area contributed by atoms with Crippen LogP contribution in [0.2, 0.25) is 0 Å². The molecule has 0 radical (unpaired) electrons. The molecule has 136 valence electrons. The molecule has 2 amide bonds. The van der Waals surface area contributed by atoms with Gasteiger partial charge in [-0.05, 0) is 35.2 Å². The smallest absolute Gasteiger partial charge is 0.465 e. The van der Waals surface area contributed by atoms with E-state index in [1.165, 1.54) is 24.3 Å². The molecule has 8 heteroatoms. The van der Waals surface area contributed by atoms with Crippen LogP contribution >= 0.6 is 0 Å². The molecule has 26 heavy (non-hydrogen) atoms. The van der Waals surface area contributed by atoms with Crippen LogP contribution < -0.4 is 4.74 Å². The average Bonchev–Trinajstić information content (AvgIpc) is 2.96. The maximum Gasteiger partial charge on any atom is 0.573 e. The van der Waals surface area contributed by atoms with Gasteiger partial charge in [0.15, 0.2) is 0 Å². The van der Waals surface area contributed by atoms with Crippen LogP contribution in [0.5, 0.6) is 5.75 Å². The second kappa shape index (κ2) is 6.70. The zero-order chi connectivity index (χ0) is 18.9. The number of imide groups is 1. The third-order valence-electron chi connectivity index (χ3n) is 4.13. The molecule has 1 atom stereocenters. The van der Waals surface area contributed by atoms with Crippen molar-refractivity contribution < 1.29 is 32.6 Å². The van der Waals surface area contributed by atoms with Gasteiger partial charge in [-0.2, -0.15) is 0 Å². The van der Waals surface area contributed by atoms with Crippen molar-refractivity contribution in [1.82, 2.24) is 4.90 Å². The summed E-state index contributed by atoms with van der Waals surface area (Å²) < 4.78 is 40.4. The number of amides is 2. The fourth-order valence-electron chi connectivity index (χ4n) is 2.99. The monoisotopic (exact) mass is 365 g/mol. The normalized spacial score (nSPS) is 17.4. The van der Waals surface area contributed by atoms with Crippen LogP contribution in [0.25, 0.3) is 11.1 Å². The van der Waals surface area contributed by atoms with E-state index in [0.29, 0.717) is 17.5 Å². The van der Waals surface area contributed by atoms with Gasteiger partial charge in [-0.15, -0.1) is 13.2 Å². The molecule has 1 heterocycles. The summed E-state index contributed by atoms with van der Waals surface area (Å²) in [4.78, 5) is 23.7. The molecule has 3 rings (SSSR count). The van der Waals surface area contributed by atoms with Crippen molar-refractivity contribution in [1.29, 1.82) is 0 Å². The second-order valence-electron chi connectivity index (χ2n) is 5.79. The predicted octanol–water partition coefficient (Wildman–Crippen LogP) is 4.59. The zero-order valence-corrected chi connectivity index (χ0v) is 13.4. The molecule has 0 aliphatic carbocycles. The van der Waals surface area contributed by atoms with Gasteiger partial charge < -0.3 is 9.84 Å². The Balaban J connectivity index is 1.77. The Morgan fingerprint density at radius 3 is 2.08 bits per heavy atom. The Kier molecular flexibility index (Phi) is 4.58. The van der Waals surface area contributed by atoms with Gasteiger partial charge in [0.05, 0.1) is 6.04 Å². The molecule has 1 N–H and O–H groups in total. The molecule has 0 spiro atoms. The molecule has 2 aromatic rings. The number of rotatable bonds is 3. The van der Waals surface area contributed by atoms with Gasteiger partial charge in [0.1, 0.15) is 5.75 Å². The van der Waals surface area contributed by atoms with Crippen molar-refractivity contribution in [3.8, 4) is 16.9 Å². The summed E-state index contributed by atoms with van der Waals surface area (Å²) in [6, 6.07) is 11.8. The first-order valence-electron chi connectivity index (χ1n) is 7.76. The maximum absolute atomic E-state index is 12.2. The molecule has 1 aliphatic rings. The molecule has 1 saturated heterocycles. The number of ether oxygens (including phenoxy) is 1. The molecule has 0 saturated carbocycles. The molecule has 5 nitrogen and oxygen atoms in total. The standard InChI is InChI=1S/C18H14F3NO4/c19-18(20,21)26-14-7-5-12(6-8-14)11-1-3-13(4-2-11)15-9-10-16(23)22(15)17(24)25/h1-8,15H,9-10H2,(H,24,25). The molecule has 1 unspecified atom stereocenters. The number of hydrogen-bond donors (Lipinski definition) is 1. The highest BCUT2D eigenvalue weighted by molar-refractivity contribution is 5.93. The molecule has 0 aromatic heterocycles. The fourth-order valence-corrected chi connectivity index (χ4v) is 2.99. The minimum absolute atomic E-state index is 0.180. The quantitative estimate of drug-likeness (QED) is 0.864. The number of likely N-dealkylation sites (tertiary alicyclic amines) is 1. The number of halogens is 3. The number of alkyl halides is 3. The summed E-state index contributed by atoms with van der Waals surface area (Å²) in [5.41, 5.74) is 2.13. The van der Waals surface area contributed by atoms with Gasteiger partial charge in [0.2, 0.25) is 5.91 Å². The molecule has 2 aromatic carbocycles. The first-order valence-corrected chi connectivity index (χ1v) is 7.76. The lowest BCUT2D eigenvalue weighted by Crippen LogP contribution is -2.32. The van der Waals surface area contributed by atoms with E-state index in [0.717, 1.165) is 10.5 Å². The average molecular weight is 365 g/mol. The predicted molar refractivity (Wildman–Crippen MR) is 85.4 cm³/mol. The van der Waals surface area contributed by atoms with Crippen molar-refractivity contribution in [2.24, 2.45) is 0 Å². The van der Waals surface area contributed by atoms with Crippen molar-refractivity contribution in [3.05, 3.63) is 54.1 Å². The lowest BCUT2D eigenvalue weighted by Gasteiger charge is -2.20. The molecular weight excluding hydrogens is 351 g/mol. The van der Waals surface area contributed by atoms with Crippen LogP contribution in [0.15, 0.2) is 48.5 Å². The van der Waals surface area contributed by atoms with Gasteiger partial charge >= 0.3 is 12.5 Å². The van der Waals surface area contributed by atoms with Crippen LogP contribution in [-0.4, -0.2) is 28.4 Å². The number of nitrogens with zero attached hydrogens (tertiary/aromatic N) is 1. The number of carbonyl (C=O) groups excluding carboxylic acids is 1. The van der Waals surface area contributed by atoms with Crippen LogP contribution in [-0.2, 0) is 4.79 Å². The maximum atomic E-state index is 12.2. The van der Waals surface area contributed by atoms with Gasteiger partial charge in [0.25, 0.3) is 0 Å². The first kappa shape index (κ1) is 17.8. The SMILES string of the molecule is O=C(O)N1C(=O)CCC1c1ccc(-c2ccc(OC(F)(F)F)cc2)cc1. The summed E-state index contributed by atoms with van der Waals surface area (Å²) in [5, 5.41) is 9.17. The van der Waals surface area contributed by atoms with Gasteiger partial charge in [-0.1, -0.05) is 36.4 Å². The molecular formula is C18H14F3NO4. The Bertz CT molecular complexity index is 816. The van der Waals surface area contributed by atoms with E-state index in [1.54, 1.807) is 24.3 Å². The van der Waals surface area contributed by atoms with E-state index in [9.17, 15) is 22.8 Å². The van der Waals surface area contributed by atoms with Crippen molar-refractivity contribution in [3.63, 3.8) is 0 Å². The van der Waals surface area contributed by atoms with Crippen LogP contribution in [0.3, 0.4) is 0 Å². The number of hydrogen-bond acceptors (Lipinski definition) is 3. The van der Waals surface area contributed by atoms with Crippen LogP contribution in [0, 0.1) is 0 Å². The Morgan fingerprint density at radius 1 is 1.04 bits per heavy atom. The topological polar surface area (TPSA) is 66.8 Å². The van der Waals surface area contributed by atoms with Gasteiger partial charge in [-0.25, -0.2) is 9.69 Å². The summed E-state index contributed by atoms with van der Waals surface area (Å²) >= 11 is 0. The Labute approximate surface area is 146 Å². The van der Waals surface area contributed by atoms with Crippen LogP contribution in [0.1, 0.15) is 24.4 Å². The third kappa shape index (κ3) is 3.79. The summed E-state index contributed by atoms with van der Waals surface area (Å²) in [5.74, 6) is -0.730. The number of carboxylic acid groups (broad SMARTS) is 1. The molecule has 1 fully saturated rings. The largest absolute Gasteiger partial charge is 0.573 e. The van der Waals surface area contributed by atoms with Gasteiger partial charge in [-0.3, -0.25) is 4.79 Å². The second-order valence-corrected chi connectivity index (χ2v) is 5.79.